The van der Waals surface area contributed by atoms with Crippen LogP contribution in [0, 0.1) is 5.92 Å². The minimum atomic E-state index is -0.239. The molecule has 2 atom stereocenters. The molecule has 0 unspecified atom stereocenters. The number of carbonyl (C=O) groups is 3. The molecule has 3 aliphatic heterocycles. The van der Waals surface area contributed by atoms with Gasteiger partial charge in [0.1, 0.15) is 12.3 Å². The molecule has 140 valence electrons. The average Bonchev–Trinajstić information content (AvgIpc) is 2.87. The summed E-state index contributed by atoms with van der Waals surface area (Å²) >= 11 is 0. The summed E-state index contributed by atoms with van der Waals surface area (Å²) in [5, 5.41) is 9.56. The van der Waals surface area contributed by atoms with E-state index >= 15 is 0 Å². The highest BCUT2D eigenvalue weighted by Crippen LogP contribution is 2.29. The van der Waals surface area contributed by atoms with Crippen LogP contribution in [0.15, 0.2) is 24.3 Å². The van der Waals surface area contributed by atoms with Crippen molar-refractivity contribution >= 4 is 17.7 Å². The van der Waals surface area contributed by atoms with Crippen LogP contribution in [-0.4, -0.2) is 77.3 Å². The molecular weight excluding hydrogens is 334 g/mol. The fourth-order valence-corrected chi connectivity index (χ4v) is 3.69. The molecule has 0 saturated carbocycles. The van der Waals surface area contributed by atoms with Crippen molar-refractivity contribution in [3.63, 3.8) is 0 Å². The van der Waals surface area contributed by atoms with Crippen LogP contribution in [0.25, 0.3) is 0 Å². The van der Waals surface area contributed by atoms with E-state index in [1.807, 2.05) is 0 Å². The van der Waals surface area contributed by atoms with Crippen molar-refractivity contribution in [3.8, 4) is 5.75 Å². The minimum absolute atomic E-state index is 0.0240. The molecule has 3 aliphatic rings. The van der Waals surface area contributed by atoms with E-state index in [9.17, 15) is 19.5 Å². The number of hydrogen-bond acceptors (Lipinski definition) is 4. The maximum Gasteiger partial charge on any atom is 0.241 e. The Hall–Kier alpha value is -2.57. The highest BCUT2D eigenvalue weighted by atomic mass is 16.3. The Morgan fingerprint density at radius 3 is 2.69 bits per heavy atom. The predicted molar refractivity (Wildman–Crippen MR) is 95.3 cm³/mol. The van der Waals surface area contributed by atoms with Crippen molar-refractivity contribution in [1.29, 1.82) is 0 Å². The number of rotatable bonds is 4. The van der Waals surface area contributed by atoms with Crippen LogP contribution in [-0.2, 0) is 20.8 Å². The zero-order chi connectivity index (χ0) is 18.8. The van der Waals surface area contributed by atoms with Gasteiger partial charge in [-0.25, -0.2) is 0 Å². The maximum atomic E-state index is 12.7. The molecular formula is C19H25N3O4. The van der Waals surface area contributed by atoms with Crippen LogP contribution in [0.3, 0.4) is 0 Å². The van der Waals surface area contributed by atoms with Crippen molar-refractivity contribution in [3.05, 3.63) is 29.8 Å². The molecule has 4 rings (SSSR count). The maximum absolute atomic E-state index is 12.7. The van der Waals surface area contributed by atoms with Gasteiger partial charge in [-0.3, -0.25) is 14.4 Å². The SMILES string of the molecule is CN(C)C(=O)CN1C(=O)[C@H]2CC[C@@H]1CN(C(=O)Cc1cccc(O)c1)C2. The summed E-state index contributed by atoms with van der Waals surface area (Å²) in [6.07, 6.45) is 1.76. The number of carbonyl (C=O) groups excluding carboxylic acids is 3. The standard InChI is InChI=1S/C19H25N3O4/c1-20(2)18(25)12-22-15-7-6-14(19(22)26)10-21(11-15)17(24)9-13-4-3-5-16(23)8-13/h3-5,8,14-15,23H,6-7,9-12H2,1-2H3/t14-,15+/m0/s1. The highest BCUT2D eigenvalue weighted by molar-refractivity contribution is 5.88. The molecule has 0 radical (unpaired) electrons. The second kappa shape index (κ2) is 7.35. The van der Waals surface area contributed by atoms with Gasteiger partial charge in [-0.15, -0.1) is 0 Å². The van der Waals surface area contributed by atoms with E-state index in [0.717, 1.165) is 18.4 Å². The van der Waals surface area contributed by atoms with E-state index in [-0.39, 0.29) is 48.4 Å². The molecule has 7 nitrogen and oxygen atoms in total. The monoisotopic (exact) mass is 359 g/mol. The Kier molecular flexibility index (Phi) is 5.15. The Balaban J connectivity index is 1.71. The van der Waals surface area contributed by atoms with E-state index in [2.05, 4.69) is 0 Å². The number of benzene rings is 1. The summed E-state index contributed by atoms with van der Waals surface area (Å²) in [6, 6.07) is 6.55. The number of nitrogens with zero attached hydrogens (tertiary/aromatic N) is 3. The van der Waals surface area contributed by atoms with Gasteiger partial charge in [0.05, 0.1) is 12.3 Å². The Labute approximate surface area is 153 Å². The van der Waals surface area contributed by atoms with Gasteiger partial charge in [0.2, 0.25) is 17.7 Å². The second-order valence-corrected chi connectivity index (χ2v) is 7.33. The fraction of sp³-hybridized carbons (Fsp3) is 0.526. The number of piperidine rings is 1. The van der Waals surface area contributed by atoms with Gasteiger partial charge in [-0.05, 0) is 30.5 Å². The van der Waals surface area contributed by atoms with Crippen molar-refractivity contribution in [2.75, 3.05) is 33.7 Å². The highest BCUT2D eigenvalue weighted by Gasteiger charge is 2.42. The lowest BCUT2D eigenvalue weighted by Gasteiger charge is -2.35. The molecule has 26 heavy (non-hydrogen) atoms. The first-order valence-electron chi connectivity index (χ1n) is 8.91. The van der Waals surface area contributed by atoms with Gasteiger partial charge in [0.25, 0.3) is 0 Å². The van der Waals surface area contributed by atoms with E-state index in [0.29, 0.717) is 13.1 Å². The summed E-state index contributed by atoms with van der Waals surface area (Å²) in [7, 11) is 3.35. The quantitative estimate of drug-likeness (QED) is 0.848. The summed E-state index contributed by atoms with van der Waals surface area (Å²) < 4.78 is 0. The molecule has 0 spiro atoms. The molecule has 0 aliphatic carbocycles. The van der Waals surface area contributed by atoms with E-state index < -0.39 is 0 Å². The van der Waals surface area contributed by atoms with Crippen LogP contribution in [0.2, 0.25) is 0 Å². The van der Waals surface area contributed by atoms with Crippen LogP contribution in [0.4, 0.5) is 0 Å². The Morgan fingerprint density at radius 2 is 2.00 bits per heavy atom. The Bertz CT molecular complexity index is 718. The number of hydrogen-bond donors (Lipinski definition) is 1. The normalized spacial score (nSPS) is 22.3. The third-order valence-corrected chi connectivity index (χ3v) is 5.22. The lowest BCUT2D eigenvalue weighted by atomic mass is 9.94. The summed E-state index contributed by atoms with van der Waals surface area (Å²) in [4.78, 5) is 42.4. The number of aromatic hydroxyl groups is 1. The van der Waals surface area contributed by atoms with Crippen LogP contribution < -0.4 is 0 Å². The summed E-state index contributed by atoms with van der Waals surface area (Å²) in [6.45, 7) is 0.932. The number of fused-ring (bicyclic) bond motifs is 4. The predicted octanol–water partition coefficient (Wildman–Crippen LogP) is 0.472. The number of likely N-dealkylation sites (N-methyl/N-ethyl adjacent to an activating group) is 1. The first kappa shape index (κ1) is 18.2. The van der Waals surface area contributed by atoms with E-state index in [1.165, 1.54) is 4.90 Å². The van der Waals surface area contributed by atoms with Gasteiger partial charge >= 0.3 is 0 Å². The van der Waals surface area contributed by atoms with Gasteiger partial charge < -0.3 is 19.8 Å². The first-order valence-corrected chi connectivity index (χ1v) is 8.91. The third-order valence-electron chi connectivity index (χ3n) is 5.22. The summed E-state index contributed by atoms with van der Waals surface area (Å²) in [5.41, 5.74) is 0.748. The molecule has 3 fully saturated rings. The van der Waals surface area contributed by atoms with Gasteiger partial charge in [0, 0.05) is 33.2 Å². The Morgan fingerprint density at radius 1 is 1.23 bits per heavy atom. The third kappa shape index (κ3) is 3.81. The minimum Gasteiger partial charge on any atom is -0.508 e. The van der Waals surface area contributed by atoms with Gasteiger partial charge in [-0.2, -0.15) is 0 Å². The largest absolute Gasteiger partial charge is 0.508 e. The molecule has 1 N–H and O–H groups in total. The smallest absolute Gasteiger partial charge is 0.241 e. The molecule has 1 aromatic rings. The molecule has 3 amide bonds. The molecule has 0 aromatic heterocycles. The molecule has 3 heterocycles. The number of phenols is 1. The lowest BCUT2D eigenvalue weighted by molar-refractivity contribution is -0.145. The topological polar surface area (TPSA) is 81.2 Å². The van der Waals surface area contributed by atoms with E-state index in [4.69, 9.17) is 0 Å². The molecule has 7 heteroatoms. The van der Waals surface area contributed by atoms with Crippen LogP contribution >= 0.6 is 0 Å². The molecule has 2 bridgehead atoms. The zero-order valence-corrected chi connectivity index (χ0v) is 15.2. The number of phenolic OH excluding ortho intramolecular Hbond substituents is 1. The van der Waals surface area contributed by atoms with Gasteiger partial charge in [-0.1, -0.05) is 12.1 Å². The van der Waals surface area contributed by atoms with Crippen molar-refractivity contribution in [2.24, 2.45) is 5.92 Å². The van der Waals surface area contributed by atoms with Crippen molar-refractivity contribution in [1.82, 2.24) is 14.7 Å². The van der Waals surface area contributed by atoms with E-state index in [1.54, 1.807) is 48.2 Å². The summed E-state index contributed by atoms with van der Waals surface area (Å²) in [5.74, 6) is -0.291. The van der Waals surface area contributed by atoms with Gasteiger partial charge in [0.15, 0.2) is 0 Å². The second-order valence-electron chi connectivity index (χ2n) is 7.33. The molecule has 3 saturated heterocycles. The van der Waals surface area contributed by atoms with Crippen LogP contribution in [0.1, 0.15) is 18.4 Å². The van der Waals surface area contributed by atoms with Crippen molar-refractivity contribution < 1.29 is 19.5 Å². The average molecular weight is 359 g/mol. The molecule has 1 aromatic carbocycles. The first-order chi connectivity index (χ1) is 12.3. The fourth-order valence-electron chi connectivity index (χ4n) is 3.69. The number of amides is 3. The van der Waals surface area contributed by atoms with Crippen molar-refractivity contribution in [2.45, 2.75) is 25.3 Å². The zero-order valence-electron chi connectivity index (χ0n) is 15.2. The van der Waals surface area contributed by atoms with Crippen LogP contribution in [0.5, 0.6) is 5.75 Å². The lowest BCUT2D eigenvalue weighted by Crippen LogP contribution is -2.51.